The maximum atomic E-state index is 12.4. The van der Waals surface area contributed by atoms with Gasteiger partial charge in [-0.05, 0) is 30.5 Å². The number of anilines is 1. The summed E-state index contributed by atoms with van der Waals surface area (Å²) in [6.45, 7) is 2.16. The summed E-state index contributed by atoms with van der Waals surface area (Å²) >= 11 is 4.89. The number of nitrogens with one attached hydrogen (secondary N) is 1. The second-order valence-electron chi connectivity index (χ2n) is 5.79. The number of carbonyl (C=O) groups is 2. The van der Waals surface area contributed by atoms with Gasteiger partial charge < -0.3 is 10.2 Å². The van der Waals surface area contributed by atoms with Crippen LogP contribution in [-0.4, -0.2) is 34.3 Å². The van der Waals surface area contributed by atoms with Crippen LogP contribution in [-0.2, 0) is 16.0 Å². The fourth-order valence-electron chi connectivity index (χ4n) is 2.86. The Hall–Kier alpha value is -1.73. The second-order valence-corrected chi connectivity index (χ2v) is 7.83. The second kappa shape index (κ2) is 7.44. The highest BCUT2D eigenvalue weighted by molar-refractivity contribution is 9.10. The molecule has 1 aromatic carbocycles. The van der Waals surface area contributed by atoms with Gasteiger partial charge in [0.25, 0.3) is 0 Å². The van der Waals surface area contributed by atoms with Crippen molar-refractivity contribution >= 4 is 44.2 Å². The first kappa shape index (κ1) is 17.1. The molecule has 2 heterocycles. The maximum Gasteiger partial charge on any atom is 0.248 e. The summed E-state index contributed by atoms with van der Waals surface area (Å²) in [7, 11) is 0. The molecule has 1 aliphatic rings. The van der Waals surface area contributed by atoms with Gasteiger partial charge in [-0.3, -0.25) is 9.59 Å². The van der Waals surface area contributed by atoms with Crippen LogP contribution in [0.1, 0.15) is 30.2 Å². The Bertz CT molecular complexity index is 745. The van der Waals surface area contributed by atoms with Crippen LogP contribution in [0.2, 0.25) is 0 Å². The van der Waals surface area contributed by atoms with Crippen LogP contribution in [0.4, 0.5) is 5.13 Å². The molecule has 1 unspecified atom stereocenters. The van der Waals surface area contributed by atoms with Gasteiger partial charge in [0.05, 0.1) is 0 Å². The number of rotatable bonds is 4. The standard InChI is InChI=1S/C17H18BrN3O2S/c1-11(22)21-8-2-3-15(21)16(23)20-17-19-10-14(24-17)9-12-4-6-13(18)7-5-12/h4-7,10,15H,2-3,8-9H2,1H3,(H,19,20,23). The van der Waals surface area contributed by atoms with Gasteiger partial charge in [0, 0.05) is 35.4 Å². The molecule has 0 radical (unpaired) electrons. The van der Waals surface area contributed by atoms with Gasteiger partial charge in [-0.1, -0.05) is 28.1 Å². The van der Waals surface area contributed by atoms with Crippen molar-refractivity contribution in [3.8, 4) is 0 Å². The molecular weight excluding hydrogens is 390 g/mol. The Balaban J connectivity index is 1.62. The lowest BCUT2D eigenvalue weighted by atomic mass is 10.1. The number of amides is 2. The molecule has 126 valence electrons. The average Bonchev–Trinajstić information content (AvgIpc) is 3.19. The number of halogens is 1. The predicted molar refractivity (Wildman–Crippen MR) is 98.1 cm³/mol. The molecule has 2 aromatic rings. The number of carbonyl (C=O) groups excluding carboxylic acids is 2. The average molecular weight is 408 g/mol. The zero-order valence-electron chi connectivity index (χ0n) is 13.3. The highest BCUT2D eigenvalue weighted by Gasteiger charge is 2.32. The van der Waals surface area contributed by atoms with E-state index >= 15 is 0 Å². The van der Waals surface area contributed by atoms with E-state index in [0.29, 0.717) is 18.1 Å². The molecule has 0 spiro atoms. The largest absolute Gasteiger partial charge is 0.331 e. The molecule has 5 nitrogen and oxygen atoms in total. The Labute approximate surface area is 153 Å². The van der Waals surface area contributed by atoms with Gasteiger partial charge in [-0.2, -0.15) is 0 Å². The topological polar surface area (TPSA) is 62.3 Å². The summed E-state index contributed by atoms with van der Waals surface area (Å²) in [4.78, 5) is 31.0. The van der Waals surface area contributed by atoms with E-state index in [1.165, 1.54) is 23.8 Å². The lowest BCUT2D eigenvalue weighted by molar-refractivity contribution is -0.134. The van der Waals surface area contributed by atoms with Crippen LogP contribution in [0.5, 0.6) is 0 Å². The van der Waals surface area contributed by atoms with E-state index in [-0.39, 0.29) is 17.9 Å². The van der Waals surface area contributed by atoms with Crippen molar-refractivity contribution in [1.29, 1.82) is 0 Å². The smallest absolute Gasteiger partial charge is 0.248 e. The number of aromatic nitrogens is 1. The molecule has 24 heavy (non-hydrogen) atoms. The van der Waals surface area contributed by atoms with Gasteiger partial charge in [0.2, 0.25) is 11.8 Å². The van der Waals surface area contributed by atoms with Crippen LogP contribution in [0.3, 0.4) is 0 Å². The van der Waals surface area contributed by atoms with Crippen molar-refractivity contribution in [2.75, 3.05) is 11.9 Å². The van der Waals surface area contributed by atoms with Gasteiger partial charge in [0.1, 0.15) is 6.04 Å². The summed E-state index contributed by atoms with van der Waals surface area (Å²) in [6, 6.07) is 7.77. The first-order valence-electron chi connectivity index (χ1n) is 7.80. The van der Waals surface area contributed by atoms with E-state index < -0.39 is 0 Å². The molecule has 0 aliphatic carbocycles. The minimum absolute atomic E-state index is 0.0530. The lowest BCUT2D eigenvalue weighted by Crippen LogP contribution is -2.42. The normalized spacial score (nSPS) is 17.1. The van der Waals surface area contributed by atoms with E-state index in [4.69, 9.17) is 0 Å². The number of thiazole rings is 1. The first-order valence-corrected chi connectivity index (χ1v) is 9.41. The third-order valence-electron chi connectivity index (χ3n) is 4.04. The predicted octanol–water partition coefficient (Wildman–Crippen LogP) is 3.45. The van der Waals surface area contributed by atoms with Gasteiger partial charge in [-0.25, -0.2) is 4.98 Å². The van der Waals surface area contributed by atoms with E-state index in [1.54, 1.807) is 11.1 Å². The molecule has 1 fully saturated rings. The lowest BCUT2D eigenvalue weighted by Gasteiger charge is -2.21. The maximum absolute atomic E-state index is 12.4. The monoisotopic (exact) mass is 407 g/mol. The van der Waals surface area contributed by atoms with Gasteiger partial charge in [0.15, 0.2) is 5.13 Å². The number of benzene rings is 1. The Morgan fingerprint density at radius 1 is 1.38 bits per heavy atom. The van der Waals surface area contributed by atoms with Crippen molar-refractivity contribution in [3.05, 3.63) is 45.4 Å². The molecule has 7 heteroatoms. The van der Waals surface area contributed by atoms with Crippen molar-refractivity contribution in [2.45, 2.75) is 32.2 Å². The van der Waals surface area contributed by atoms with E-state index in [2.05, 4.69) is 38.4 Å². The van der Waals surface area contributed by atoms with Crippen molar-refractivity contribution < 1.29 is 9.59 Å². The molecule has 0 saturated carbocycles. The summed E-state index contributed by atoms with van der Waals surface area (Å²) in [5, 5.41) is 3.44. The molecule has 2 amide bonds. The fraction of sp³-hybridized carbons (Fsp3) is 0.353. The molecule has 1 aliphatic heterocycles. The summed E-state index contributed by atoms with van der Waals surface area (Å²) < 4.78 is 1.05. The Morgan fingerprint density at radius 2 is 2.12 bits per heavy atom. The van der Waals surface area contributed by atoms with E-state index in [0.717, 1.165) is 22.2 Å². The first-order chi connectivity index (χ1) is 11.5. The Kier molecular flexibility index (Phi) is 5.30. The zero-order chi connectivity index (χ0) is 17.1. The third kappa shape index (κ3) is 4.02. The zero-order valence-corrected chi connectivity index (χ0v) is 15.7. The number of likely N-dealkylation sites (tertiary alicyclic amines) is 1. The highest BCUT2D eigenvalue weighted by Crippen LogP contribution is 2.24. The van der Waals surface area contributed by atoms with Gasteiger partial charge in [-0.15, -0.1) is 11.3 Å². The van der Waals surface area contributed by atoms with E-state index in [9.17, 15) is 9.59 Å². The summed E-state index contributed by atoms with van der Waals surface area (Å²) in [5.74, 6) is -0.199. The molecule has 0 bridgehead atoms. The SMILES string of the molecule is CC(=O)N1CCCC1C(=O)Nc1ncc(Cc2ccc(Br)cc2)s1. The van der Waals surface area contributed by atoms with Crippen molar-refractivity contribution in [1.82, 2.24) is 9.88 Å². The molecular formula is C17H18BrN3O2S. The minimum atomic E-state index is -0.374. The van der Waals surface area contributed by atoms with E-state index in [1.807, 2.05) is 12.1 Å². The Morgan fingerprint density at radius 3 is 2.83 bits per heavy atom. The van der Waals surface area contributed by atoms with Crippen LogP contribution in [0.15, 0.2) is 34.9 Å². The fourth-order valence-corrected chi connectivity index (χ4v) is 3.97. The molecule has 3 rings (SSSR count). The van der Waals surface area contributed by atoms with Crippen molar-refractivity contribution in [3.63, 3.8) is 0 Å². The molecule has 1 N–H and O–H groups in total. The van der Waals surface area contributed by atoms with Crippen molar-refractivity contribution in [2.24, 2.45) is 0 Å². The van der Waals surface area contributed by atoms with Gasteiger partial charge >= 0.3 is 0 Å². The molecule has 1 saturated heterocycles. The number of nitrogens with zero attached hydrogens (tertiary/aromatic N) is 2. The molecule has 1 aromatic heterocycles. The third-order valence-corrected chi connectivity index (χ3v) is 5.48. The van der Waals surface area contributed by atoms with Crippen LogP contribution in [0.25, 0.3) is 0 Å². The number of hydrogen-bond acceptors (Lipinski definition) is 4. The highest BCUT2D eigenvalue weighted by atomic mass is 79.9. The summed E-state index contributed by atoms with van der Waals surface area (Å²) in [6.07, 6.45) is 4.15. The molecule has 1 atom stereocenters. The van der Waals surface area contributed by atoms with Crippen LogP contribution >= 0.6 is 27.3 Å². The van der Waals surface area contributed by atoms with Crippen LogP contribution in [0, 0.1) is 0 Å². The minimum Gasteiger partial charge on any atom is -0.331 e. The number of hydrogen-bond donors (Lipinski definition) is 1. The van der Waals surface area contributed by atoms with Crippen LogP contribution < -0.4 is 5.32 Å². The quantitative estimate of drug-likeness (QED) is 0.843. The summed E-state index contributed by atoms with van der Waals surface area (Å²) in [5.41, 5.74) is 1.19.